The smallest absolute Gasteiger partial charge is 0.397 e. The predicted molar refractivity (Wildman–Crippen MR) is 87.3 cm³/mol. The molecule has 2 aliphatic rings. The number of hydrogen-bond acceptors (Lipinski definition) is 11. The zero-order valence-electron chi connectivity index (χ0n) is 15.0. The number of hydrogen-bond donors (Lipinski definition) is 2. The molecule has 162 valence electrons. The summed E-state index contributed by atoms with van der Waals surface area (Å²) in [6.07, 6.45) is -7.90. The van der Waals surface area contributed by atoms with E-state index in [9.17, 15) is 21.6 Å². The Kier molecular flexibility index (Phi) is 6.54. The maximum atomic E-state index is 11.6. The Balaban J connectivity index is 2.38. The Morgan fingerprint density at radius 3 is 2.11 bits per heavy atom. The van der Waals surface area contributed by atoms with Gasteiger partial charge in [0.1, 0.15) is 31.0 Å². The Bertz CT molecular complexity index is 830. The summed E-state index contributed by atoms with van der Waals surface area (Å²) in [4.78, 5) is 11.6. The molecule has 15 heteroatoms. The van der Waals surface area contributed by atoms with E-state index in [2.05, 4.69) is 14.9 Å². The molecule has 0 spiro atoms. The first-order valence-electron chi connectivity index (χ1n) is 7.73. The minimum absolute atomic E-state index is 0.0215. The zero-order chi connectivity index (χ0) is 21.5. The normalized spacial score (nSPS) is 32.5. The quantitative estimate of drug-likeness (QED) is 0.285. The summed E-state index contributed by atoms with van der Waals surface area (Å²) in [5.74, 6) is -2.16. The van der Waals surface area contributed by atoms with E-state index in [-0.39, 0.29) is 5.57 Å². The molecular weight excluding hydrogens is 428 g/mol. The van der Waals surface area contributed by atoms with Gasteiger partial charge in [0, 0.05) is 5.57 Å². The van der Waals surface area contributed by atoms with E-state index in [1.165, 1.54) is 20.8 Å². The van der Waals surface area contributed by atoms with Crippen LogP contribution in [0, 0.1) is 0 Å². The van der Waals surface area contributed by atoms with Crippen LogP contribution in [0.3, 0.4) is 0 Å². The van der Waals surface area contributed by atoms with Crippen LogP contribution in [-0.2, 0) is 52.9 Å². The van der Waals surface area contributed by atoms with Crippen LogP contribution in [0.2, 0.25) is 0 Å². The zero-order valence-corrected chi connectivity index (χ0v) is 16.6. The lowest BCUT2D eigenvalue weighted by molar-refractivity contribution is -0.250. The van der Waals surface area contributed by atoms with Crippen molar-refractivity contribution < 1.29 is 58.0 Å². The van der Waals surface area contributed by atoms with Gasteiger partial charge in [-0.25, -0.2) is 13.2 Å². The Labute approximate surface area is 161 Å². The molecule has 0 aromatic carbocycles. The molecule has 0 aromatic heterocycles. The fraction of sp³-hybridized carbons (Fsp3) is 0.769. The summed E-state index contributed by atoms with van der Waals surface area (Å²) in [6, 6.07) is 0. The van der Waals surface area contributed by atoms with Gasteiger partial charge in [0.05, 0.1) is 0 Å². The second-order valence-corrected chi connectivity index (χ2v) is 8.59. The first-order chi connectivity index (χ1) is 12.6. The largest absolute Gasteiger partial charge is 0.459 e. The van der Waals surface area contributed by atoms with Crippen molar-refractivity contribution in [3.8, 4) is 0 Å². The summed E-state index contributed by atoms with van der Waals surface area (Å²) in [5.41, 5.74) is 0.0215. The molecule has 2 N–H and O–H groups in total. The third kappa shape index (κ3) is 6.16. The van der Waals surface area contributed by atoms with Crippen molar-refractivity contribution in [2.45, 2.75) is 57.3 Å². The van der Waals surface area contributed by atoms with E-state index < -0.39 is 69.9 Å². The molecule has 2 fully saturated rings. The summed E-state index contributed by atoms with van der Waals surface area (Å²) in [6.45, 7) is 6.98. The van der Waals surface area contributed by atoms with Gasteiger partial charge in [-0.05, 0) is 20.8 Å². The number of ether oxygens (including phenoxy) is 4. The maximum absolute atomic E-state index is 11.6. The maximum Gasteiger partial charge on any atom is 0.397 e. The van der Waals surface area contributed by atoms with Crippen LogP contribution in [0.4, 0.5) is 0 Å². The van der Waals surface area contributed by atoms with E-state index in [0.29, 0.717) is 0 Å². The van der Waals surface area contributed by atoms with Gasteiger partial charge in [-0.2, -0.15) is 16.8 Å². The second-order valence-electron chi connectivity index (χ2n) is 6.50. The van der Waals surface area contributed by atoms with E-state index in [1.807, 2.05) is 0 Å². The van der Waals surface area contributed by atoms with E-state index in [0.717, 1.165) is 0 Å². The molecule has 0 amide bonds. The van der Waals surface area contributed by atoms with Gasteiger partial charge in [-0.3, -0.25) is 9.11 Å². The van der Waals surface area contributed by atoms with Crippen molar-refractivity contribution in [1.29, 1.82) is 0 Å². The van der Waals surface area contributed by atoms with Crippen LogP contribution < -0.4 is 0 Å². The number of carbonyl (C=O) groups excluding carboxylic acids is 1. The van der Waals surface area contributed by atoms with Crippen LogP contribution in [-0.4, -0.2) is 75.0 Å². The SMILES string of the molecule is C=C(C)C(=O)OC[C@H]1O[C@@H]2OC(C)(C)O[C@@H]2[C@@H](OS(=O)(=O)O)[C@H]1OS(=O)(=O)O. The lowest BCUT2D eigenvalue weighted by Gasteiger charge is -2.40. The van der Waals surface area contributed by atoms with Crippen LogP contribution in [0.5, 0.6) is 0 Å². The number of esters is 1. The topological polar surface area (TPSA) is 181 Å². The summed E-state index contributed by atoms with van der Waals surface area (Å²) < 4.78 is 93.3. The van der Waals surface area contributed by atoms with Gasteiger partial charge in [-0.1, -0.05) is 6.58 Å². The number of fused-ring (bicyclic) bond motifs is 1. The minimum Gasteiger partial charge on any atom is -0.459 e. The average molecular weight is 448 g/mol. The van der Waals surface area contributed by atoms with E-state index in [4.69, 9.17) is 28.1 Å². The Morgan fingerprint density at radius 2 is 1.61 bits per heavy atom. The Hall–Kier alpha value is -1.17. The third-order valence-corrected chi connectivity index (χ3v) is 4.53. The molecule has 13 nitrogen and oxygen atoms in total. The van der Waals surface area contributed by atoms with Gasteiger partial charge in [0.15, 0.2) is 12.1 Å². The van der Waals surface area contributed by atoms with Gasteiger partial charge in [0.25, 0.3) is 0 Å². The summed E-state index contributed by atoms with van der Waals surface area (Å²) in [7, 11) is -10.3. The van der Waals surface area contributed by atoms with Crippen LogP contribution in [0.25, 0.3) is 0 Å². The highest BCUT2D eigenvalue weighted by Gasteiger charge is 2.58. The molecule has 0 unspecified atom stereocenters. The highest BCUT2D eigenvalue weighted by molar-refractivity contribution is 7.81. The standard InChI is InChI=1S/C13H20O13S2/c1-6(2)11(14)21-5-7-8(25-27(15,16)17)9(26-28(18,19)20)10-12(22-7)24-13(3,4)23-10/h7-10,12H,1,5H2,2-4H3,(H,15,16,17)(H,18,19,20)/t7-,8+,9+,10-,12-/m1/s1. The van der Waals surface area contributed by atoms with Crippen molar-refractivity contribution >= 4 is 26.8 Å². The molecule has 0 aliphatic carbocycles. The molecule has 0 aromatic rings. The lowest BCUT2D eigenvalue weighted by Crippen LogP contribution is -2.60. The molecule has 2 aliphatic heterocycles. The first-order valence-corrected chi connectivity index (χ1v) is 10.5. The van der Waals surface area contributed by atoms with Gasteiger partial charge >= 0.3 is 26.8 Å². The van der Waals surface area contributed by atoms with Crippen LogP contribution >= 0.6 is 0 Å². The molecule has 28 heavy (non-hydrogen) atoms. The second kappa shape index (κ2) is 7.92. The van der Waals surface area contributed by atoms with E-state index in [1.54, 1.807) is 0 Å². The average Bonchev–Trinajstić information content (AvgIpc) is 2.79. The van der Waals surface area contributed by atoms with Gasteiger partial charge < -0.3 is 18.9 Å². The molecule has 2 heterocycles. The molecule has 0 bridgehead atoms. The molecule has 5 atom stereocenters. The minimum atomic E-state index is -5.15. The molecular formula is C13H20O13S2. The van der Waals surface area contributed by atoms with Crippen LogP contribution in [0.15, 0.2) is 12.2 Å². The Morgan fingerprint density at radius 1 is 1.07 bits per heavy atom. The number of rotatable bonds is 7. The predicted octanol–water partition coefficient (Wildman–Crippen LogP) is -0.642. The van der Waals surface area contributed by atoms with E-state index >= 15 is 0 Å². The molecule has 2 rings (SSSR count). The van der Waals surface area contributed by atoms with Gasteiger partial charge in [-0.15, -0.1) is 0 Å². The highest BCUT2D eigenvalue weighted by Crippen LogP contribution is 2.39. The molecule has 2 saturated heterocycles. The third-order valence-electron chi connectivity index (χ3n) is 3.60. The van der Waals surface area contributed by atoms with Gasteiger partial charge in [0.2, 0.25) is 0 Å². The monoisotopic (exact) mass is 448 g/mol. The van der Waals surface area contributed by atoms with Crippen molar-refractivity contribution in [1.82, 2.24) is 0 Å². The van der Waals surface area contributed by atoms with Crippen molar-refractivity contribution in [3.63, 3.8) is 0 Å². The van der Waals surface area contributed by atoms with Crippen LogP contribution in [0.1, 0.15) is 20.8 Å². The fourth-order valence-corrected chi connectivity index (χ4v) is 3.67. The summed E-state index contributed by atoms with van der Waals surface area (Å²) in [5, 5.41) is 0. The molecule has 0 saturated carbocycles. The number of carbonyl (C=O) groups is 1. The first kappa shape index (κ1) is 23.1. The molecule has 0 radical (unpaired) electrons. The van der Waals surface area contributed by atoms with Crippen molar-refractivity contribution in [2.24, 2.45) is 0 Å². The van der Waals surface area contributed by atoms with Crippen molar-refractivity contribution in [3.05, 3.63) is 12.2 Å². The lowest BCUT2D eigenvalue weighted by atomic mass is 9.99. The highest BCUT2D eigenvalue weighted by atomic mass is 32.3. The fourth-order valence-electron chi connectivity index (χ4n) is 2.66. The van der Waals surface area contributed by atoms with Crippen molar-refractivity contribution in [2.75, 3.05) is 6.61 Å². The summed E-state index contributed by atoms with van der Waals surface area (Å²) >= 11 is 0.